The van der Waals surface area contributed by atoms with Gasteiger partial charge in [-0.25, -0.2) is 0 Å². The van der Waals surface area contributed by atoms with Crippen LogP contribution < -0.4 is 4.74 Å². The summed E-state index contributed by atoms with van der Waals surface area (Å²) in [5.41, 5.74) is 3.17. The minimum absolute atomic E-state index is 0.0838. The highest BCUT2D eigenvalue weighted by Gasteiger charge is 2.31. The van der Waals surface area contributed by atoms with Gasteiger partial charge in [0.25, 0.3) is 0 Å². The molecule has 3 heteroatoms. The molecule has 0 aromatic heterocycles. The second kappa shape index (κ2) is 10.0. The van der Waals surface area contributed by atoms with E-state index in [1.165, 1.54) is 44.3 Å². The van der Waals surface area contributed by atoms with Crippen LogP contribution >= 0.6 is 0 Å². The van der Waals surface area contributed by atoms with Crippen molar-refractivity contribution in [1.82, 2.24) is 0 Å². The first-order chi connectivity index (χ1) is 18.1. The summed E-state index contributed by atoms with van der Waals surface area (Å²) in [6.07, 6.45) is 1.25. The van der Waals surface area contributed by atoms with Crippen molar-refractivity contribution in [2.75, 3.05) is 0 Å². The number of phenols is 2. The molecule has 1 heterocycles. The summed E-state index contributed by atoms with van der Waals surface area (Å²) in [7, 11) is 0. The average molecular weight is 489 g/mol. The number of fused-ring (bicyclic) bond motifs is 2. The molecule has 0 saturated heterocycles. The molecule has 1 aliphatic rings. The molecule has 1 aliphatic heterocycles. The largest absolute Gasteiger partial charge is 0.508 e. The molecule has 0 bridgehead atoms. The lowest BCUT2D eigenvalue weighted by molar-refractivity contribution is 0.428. The highest BCUT2D eigenvalue weighted by Crippen LogP contribution is 2.51. The normalized spacial score (nSPS) is 12.2. The number of rotatable bonds is 1. The quantitative estimate of drug-likeness (QED) is 0.226. The summed E-state index contributed by atoms with van der Waals surface area (Å²) in [5, 5.41) is 27.6. The van der Waals surface area contributed by atoms with Crippen molar-refractivity contribution in [2.45, 2.75) is 40.0 Å². The first kappa shape index (κ1) is 24.5. The topological polar surface area (TPSA) is 49.7 Å². The molecule has 6 aromatic carbocycles. The highest BCUT2D eigenvalue weighted by molar-refractivity contribution is 6.23. The minimum atomic E-state index is -0.0838. The molecule has 0 fully saturated rings. The van der Waals surface area contributed by atoms with Crippen LogP contribution in [0.3, 0.4) is 0 Å². The molecule has 0 amide bonds. The van der Waals surface area contributed by atoms with Crippen molar-refractivity contribution in [1.29, 1.82) is 0 Å². The average Bonchev–Trinajstić information content (AvgIpc) is 2.92. The Hall–Kier alpha value is -4.24. The Kier molecular flexibility index (Phi) is 6.62. The highest BCUT2D eigenvalue weighted by atomic mass is 16.5. The van der Waals surface area contributed by atoms with E-state index in [1.54, 1.807) is 24.3 Å². The predicted octanol–water partition coefficient (Wildman–Crippen LogP) is 9.72. The van der Waals surface area contributed by atoms with E-state index in [-0.39, 0.29) is 17.4 Å². The molecule has 0 aliphatic carbocycles. The summed E-state index contributed by atoms with van der Waals surface area (Å²) in [6, 6.07) is 30.2. The lowest BCUT2D eigenvalue weighted by Gasteiger charge is -2.30. The lowest BCUT2D eigenvalue weighted by atomic mass is 9.79. The van der Waals surface area contributed by atoms with Gasteiger partial charge in [0, 0.05) is 29.2 Å². The molecule has 2 N–H and O–H groups in total. The maximum atomic E-state index is 10.1. The van der Waals surface area contributed by atoms with Crippen LogP contribution in [0, 0.1) is 0 Å². The van der Waals surface area contributed by atoms with Crippen LogP contribution in [-0.2, 0) is 0 Å². The van der Waals surface area contributed by atoms with E-state index >= 15 is 0 Å². The summed E-state index contributed by atoms with van der Waals surface area (Å²) in [4.78, 5) is 0. The van der Waals surface area contributed by atoms with Gasteiger partial charge in [-0.05, 0) is 50.0 Å². The van der Waals surface area contributed by atoms with Crippen LogP contribution in [-0.4, -0.2) is 10.2 Å². The molecule has 0 unspecified atom stereocenters. The van der Waals surface area contributed by atoms with Crippen molar-refractivity contribution < 1.29 is 14.9 Å². The van der Waals surface area contributed by atoms with Crippen molar-refractivity contribution >= 4 is 32.3 Å². The van der Waals surface area contributed by atoms with Gasteiger partial charge in [0.15, 0.2) is 0 Å². The first-order valence-corrected chi connectivity index (χ1v) is 13.1. The van der Waals surface area contributed by atoms with E-state index in [2.05, 4.69) is 68.4 Å². The van der Waals surface area contributed by atoms with Gasteiger partial charge < -0.3 is 14.9 Å². The second-order valence-corrected chi connectivity index (χ2v) is 9.20. The fraction of sp³-hybridized carbons (Fsp3) is 0.176. The number of ether oxygens (including phenoxy) is 1. The molecule has 3 nitrogen and oxygen atoms in total. The van der Waals surface area contributed by atoms with Crippen molar-refractivity contribution in [2.24, 2.45) is 0 Å². The van der Waals surface area contributed by atoms with Gasteiger partial charge in [0.05, 0.1) is 0 Å². The number of aromatic hydroxyl groups is 2. The van der Waals surface area contributed by atoms with Crippen LogP contribution in [0.4, 0.5) is 0 Å². The van der Waals surface area contributed by atoms with E-state index in [0.717, 1.165) is 11.1 Å². The molecule has 0 radical (unpaired) electrons. The molecule has 37 heavy (non-hydrogen) atoms. The first-order valence-electron chi connectivity index (χ1n) is 13.1. The Balaban J connectivity index is 0.000000525. The zero-order valence-electron chi connectivity index (χ0n) is 21.7. The molecule has 6 aromatic rings. The summed E-state index contributed by atoms with van der Waals surface area (Å²) < 4.78 is 6.10. The number of benzene rings is 6. The Bertz CT molecular complexity index is 1630. The Morgan fingerprint density at radius 1 is 0.595 bits per heavy atom. The van der Waals surface area contributed by atoms with Crippen LogP contribution in [0.15, 0.2) is 91.0 Å². The maximum Gasteiger partial charge on any atom is 0.135 e. The van der Waals surface area contributed by atoms with Gasteiger partial charge in [0.2, 0.25) is 0 Å². The minimum Gasteiger partial charge on any atom is -0.508 e. The molecule has 0 atom stereocenters. The maximum absolute atomic E-state index is 10.1. The monoisotopic (exact) mass is 488 g/mol. The van der Waals surface area contributed by atoms with Gasteiger partial charge in [-0.3, -0.25) is 0 Å². The lowest BCUT2D eigenvalue weighted by Crippen LogP contribution is -2.12. The van der Waals surface area contributed by atoms with Crippen molar-refractivity contribution in [3.8, 4) is 23.0 Å². The van der Waals surface area contributed by atoms with Gasteiger partial charge in [-0.1, -0.05) is 101 Å². The third-order valence-electron chi connectivity index (χ3n) is 6.71. The fourth-order valence-corrected chi connectivity index (χ4v) is 5.33. The van der Waals surface area contributed by atoms with E-state index in [1.807, 2.05) is 26.0 Å². The van der Waals surface area contributed by atoms with E-state index in [9.17, 15) is 10.2 Å². The van der Waals surface area contributed by atoms with E-state index in [0.29, 0.717) is 11.5 Å². The second-order valence-electron chi connectivity index (χ2n) is 9.20. The summed E-state index contributed by atoms with van der Waals surface area (Å²) in [6.45, 7) is 8.25. The molecule has 0 saturated carbocycles. The Morgan fingerprint density at radius 3 is 1.62 bits per heavy atom. The number of phenolic OH excluding ortho intramolecular Hbond substituents is 2. The molecular weight excluding hydrogens is 456 g/mol. The zero-order chi connectivity index (χ0) is 26.1. The van der Waals surface area contributed by atoms with Gasteiger partial charge in [-0.2, -0.15) is 0 Å². The van der Waals surface area contributed by atoms with E-state index < -0.39 is 0 Å². The molecular formula is C34H32O3. The van der Waals surface area contributed by atoms with Gasteiger partial charge in [-0.15, -0.1) is 0 Å². The van der Waals surface area contributed by atoms with Crippen LogP contribution in [0.2, 0.25) is 0 Å². The summed E-state index contributed by atoms with van der Waals surface area (Å²) in [5.74, 6) is 1.44. The van der Waals surface area contributed by atoms with Crippen LogP contribution in [0.25, 0.3) is 32.3 Å². The van der Waals surface area contributed by atoms with Crippen molar-refractivity contribution in [3.63, 3.8) is 0 Å². The Labute approximate surface area is 217 Å². The number of hydrogen-bond donors (Lipinski definition) is 2. The summed E-state index contributed by atoms with van der Waals surface area (Å²) >= 11 is 0. The van der Waals surface area contributed by atoms with Crippen LogP contribution in [0.5, 0.6) is 23.0 Å². The zero-order valence-corrected chi connectivity index (χ0v) is 21.7. The number of hydrogen-bond acceptors (Lipinski definition) is 3. The van der Waals surface area contributed by atoms with Crippen LogP contribution in [0.1, 0.15) is 56.7 Å². The predicted molar refractivity (Wildman–Crippen MR) is 155 cm³/mol. The SMILES string of the molecule is CC.CCC.Oc1ccc2c(c1)Oc1cc(O)ccc1C2c1ccc2ccc3cccc4ccc1c2c34. The van der Waals surface area contributed by atoms with Gasteiger partial charge in [0.1, 0.15) is 23.0 Å². The van der Waals surface area contributed by atoms with Gasteiger partial charge >= 0.3 is 0 Å². The smallest absolute Gasteiger partial charge is 0.135 e. The molecule has 186 valence electrons. The third kappa shape index (κ3) is 4.11. The third-order valence-corrected chi connectivity index (χ3v) is 6.71. The Morgan fingerprint density at radius 2 is 1.05 bits per heavy atom. The molecule has 0 spiro atoms. The standard InChI is InChI=1S/C29H18O3.C3H8.C2H6/c30-19-8-12-23-25(14-19)32-26-15-20(31)9-13-24(26)29(23)22-11-7-18-5-4-16-2-1-3-17-6-10-21(22)28(18)27(16)17;1-3-2;1-2/h1-15,29-31H;3H2,1-2H3;1-2H3. The fourth-order valence-electron chi connectivity index (χ4n) is 5.33. The van der Waals surface area contributed by atoms with Crippen molar-refractivity contribution in [3.05, 3.63) is 108 Å². The van der Waals surface area contributed by atoms with E-state index in [4.69, 9.17) is 4.74 Å². The molecule has 7 rings (SSSR count).